The lowest BCUT2D eigenvalue weighted by Gasteiger charge is -2.47. The van der Waals surface area contributed by atoms with Gasteiger partial charge in [-0.3, -0.25) is 0 Å². The Balaban J connectivity index is 1.35. The van der Waals surface area contributed by atoms with Gasteiger partial charge in [0.05, 0.1) is 12.7 Å². The fraction of sp³-hybridized carbons (Fsp3) is 0.545. The van der Waals surface area contributed by atoms with E-state index in [2.05, 4.69) is 42.5 Å². The number of benzene rings is 2. The first kappa shape index (κ1) is 17.6. The van der Waals surface area contributed by atoms with E-state index in [1.54, 1.807) is 7.11 Å². The molecule has 1 aliphatic carbocycles. The molecule has 0 unspecified atom stereocenters. The number of hydrogen-bond donors (Lipinski definition) is 0. The Bertz CT molecular complexity index is 841. The Morgan fingerprint density at radius 1 is 1.00 bits per heavy atom. The van der Waals surface area contributed by atoms with Crippen molar-refractivity contribution in [2.75, 3.05) is 7.11 Å². The van der Waals surface area contributed by atoms with Crippen molar-refractivity contribution in [3.05, 3.63) is 48.0 Å². The Kier molecular flexibility index (Phi) is 4.08. The molecule has 1 spiro atoms. The second-order valence-corrected chi connectivity index (χ2v) is 8.33. The topological polar surface area (TPSA) is 46.2 Å². The summed E-state index contributed by atoms with van der Waals surface area (Å²) in [6.45, 7) is 4.35. The van der Waals surface area contributed by atoms with Crippen LogP contribution in [0.15, 0.2) is 42.5 Å². The molecule has 144 valence electrons. The van der Waals surface area contributed by atoms with Crippen LogP contribution in [0, 0.1) is 0 Å². The number of fused-ring (bicyclic) bond motifs is 2. The molecule has 2 heterocycles. The minimum Gasteiger partial charge on any atom is -0.381 e. The summed E-state index contributed by atoms with van der Waals surface area (Å²) in [6.07, 6.45) is 1.08. The molecule has 0 bridgehead atoms. The van der Waals surface area contributed by atoms with Crippen molar-refractivity contribution in [3.63, 3.8) is 0 Å². The Morgan fingerprint density at radius 2 is 1.78 bits per heavy atom. The first-order chi connectivity index (χ1) is 13.0. The predicted octanol–water partition coefficient (Wildman–Crippen LogP) is 3.78. The average Bonchev–Trinajstić information content (AvgIpc) is 3.07. The molecule has 1 saturated carbocycles. The molecule has 5 heteroatoms. The van der Waals surface area contributed by atoms with Gasteiger partial charge in [0.1, 0.15) is 17.8 Å². The monoisotopic (exact) mass is 370 g/mol. The summed E-state index contributed by atoms with van der Waals surface area (Å²) >= 11 is 0. The molecular formula is C22H26O5. The number of methoxy groups -OCH3 is 1. The third kappa shape index (κ3) is 2.98. The molecule has 3 atom stereocenters. The number of ether oxygens (including phenoxy) is 5. The van der Waals surface area contributed by atoms with Gasteiger partial charge in [0.15, 0.2) is 12.1 Å². The van der Waals surface area contributed by atoms with Crippen molar-refractivity contribution in [2.24, 2.45) is 0 Å². The molecule has 0 aromatic heterocycles. The van der Waals surface area contributed by atoms with Crippen LogP contribution in [0.25, 0.3) is 10.8 Å². The van der Waals surface area contributed by atoms with E-state index >= 15 is 0 Å². The van der Waals surface area contributed by atoms with Gasteiger partial charge in [-0.15, -0.1) is 0 Å². The molecule has 5 rings (SSSR count). The van der Waals surface area contributed by atoms with Gasteiger partial charge in [0.2, 0.25) is 0 Å². The highest BCUT2D eigenvalue weighted by atomic mass is 16.8. The molecule has 2 aliphatic heterocycles. The van der Waals surface area contributed by atoms with Gasteiger partial charge in [0, 0.05) is 20.0 Å². The fourth-order valence-corrected chi connectivity index (χ4v) is 4.62. The standard InChI is InChI=1S/C22H26O5/c1-21(2)25-18-19(22(27-20(18)26-21)11-17(12-22)23-3)24-13-14-8-9-15-6-4-5-7-16(15)10-14/h4-10,17-20H,11-13H2,1-3H3/t17?,18-,19+,20+,22?/m1/s1. The first-order valence-corrected chi connectivity index (χ1v) is 9.64. The van der Waals surface area contributed by atoms with Crippen molar-refractivity contribution in [3.8, 4) is 0 Å². The molecule has 5 nitrogen and oxygen atoms in total. The van der Waals surface area contributed by atoms with Crippen LogP contribution in [-0.4, -0.2) is 43.1 Å². The zero-order valence-electron chi connectivity index (χ0n) is 16.0. The normalized spacial score (nSPS) is 36.9. The van der Waals surface area contributed by atoms with Crippen molar-refractivity contribution in [2.45, 2.75) is 69.3 Å². The highest BCUT2D eigenvalue weighted by molar-refractivity contribution is 5.82. The first-order valence-electron chi connectivity index (χ1n) is 9.64. The molecule has 27 heavy (non-hydrogen) atoms. The van der Waals surface area contributed by atoms with Crippen molar-refractivity contribution in [1.82, 2.24) is 0 Å². The zero-order chi connectivity index (χ0) is 18.6. The number of rotatable bonds is 4. The van der Waals surface area contributed by atoms with E-state index in [4.69, 9.17) is 23.7 Å². The quantitative estimate of drug-likeness (QED) is 0.820. The summed E-state index contributed by atoms with van der Waals surface area (Å²) in [5, 5.41) is 2.46. The van der Waals surface area contributed by atoms with Gasteiger partial charge in [-0.25, -0.2) is 0 Å². The number of hydrogen-bond acceptors (Lipinski definition) is 5. The zero-order valence-corrected chi connectivity index (χ0v) is 16.0. The van der Waals surface area contributed by atoms with Gasteiger partial charge in [0.25, 0.3) is 0 Å². The molecule has 0 radical (unpaired) electrons. The summed E-state index contributed by atoms with van der Waals surface area (Å²) in [6, 6.07) is 14.8. The lowest BCUT2D eigenvalue weighted by atomic mass is 9.73. The molecule has 2 aromatic rings. The van der Waals surface area contributed by atoms with Crippen LogP contribution in [0.1, 0.15) is 32.3 Å². The van der Waals surface area contributed by atoms with Crippen LogP contribution in [-0.2, 0) is 30.3 Å². The maximum atomic E-state index is 6.41. The van der Waals surface area contributed by atoms with E-state index in [1.165, 1.54) is 10.8 Å². The highest BCUT2D eigenvalue weighted by Crippen LogP contribution is 2.53. The second kappa shape index (κ2) is 6.26. The van der Waals surface area contributed by atoms with Crippen LogP contribution >= 0.6 is 0 Å². The Labute approximate surface area is 159 Å². The molecule has 2 saturated heterocycles. The van der Waals surface area contributed by atoms with Gasteiger partial charge in [-0.05, 0) is 36.2 Å². The van der Waals surface area contributed by atoms with E-state index in [0.29, 0.717) is 6.61 Å². The van der Waals surface area contributed by atoms with Gasteiger partial charge in [-0.1, -0.05) is 36.4 Å². The third-order valence-electron chi connectivity index (χ3n) is 5.98. The van der Waals surface area contributed by atoms with Crippen LogP contribution in [0.2, 0.25) is 0 Å². The van der Waals surface area contributed by atoms with E-state index in [-0.39, 0.29) is 30.2 Å². The minimum absolute atomic E-state index is 0.165. The summed E-state index contributed by atoms with van der Waals surface area (Å²) < 4.78 is 30.3. The molecule has 3 fully saturated rings. The average molecular weight is 370 g/mol. The fourth-order valence-electron chi connectivity index (χ4n) is 4.62. The summed E-state index contributed by atoms with van der Waals surface area (Å²) in [5.74, 6) is -0.647. The lowest BCUT2D eigenvalue weighted by Crippen LogP contribution is -2.57. The van der Waals surface area contributed by atoms with Crippen LogP contribution < -0.4 is 0 Å². The van der Waals surface area contributed by atoms with Crippen LogP contribution in [0.3, 0.4) is 0 Å². The van der Waals surface area contributed by atoms with Gasteiger partial charge in [-0.2, -0.15) is 0 Å². The molecular weight excluding hydrogens is 344 g/mol. The lowest BCUT2D eigenvalue weighted by molar-refractivity contribution is -0.276. The predicted molar refractivity (Wildman–Crippen MR) is 100 cm³/mol. The van der Waals surface area contributed by atoms with Crippen molar-refractivity contribution >= 4 is 10.8 Å². The maximum Gasteiger partial charge on any atom is 0.190 e. The largest absolute Gasteiger partial charge is 0.381 e. The van der Waals surface area contributed by atoms with E-state index in [0.717, 1.165) is 18.4 Å². The smallest absolute Gasteiger partial charge is 0.190 e. The van der Waals surface area contributed by atoms with Gasteiger partial charge >= 0.3 is 0 Å². The molecule has 0 N–H and O–H groups in total. The summed E-state index contributed by atoms with van der Waals surface area (Å²) in [4.78, 5) is 0. The molecule has 0 amide bonds. The van der Waals surface area contributed by atoms with Crippen molar-refractivity contribution < 1.29 is 23.7 Å². The van der Waals surface area contributed by atoms with Crippen LogP contribution in [0.4, 0.5) is 0 Å². The van der Waals surface area contributed by atoms with E-state index in [1.807, 2.05) is 13.8 Å². The molecule has 2 aromatic carbocycles. The third-order valence-corrected chi connectivity index (χ3v) is 5.98. The SMILES string of the molecule is COC1CC2(C1)O[C@@H]1OC(C)(C)O[C@@H]1[C@@H]2OCc1ccc2ccccc2c1. The van der Waals surface area contributed by atoms with E-state index in [9.17, 15) is 0 Å². The van der Waals surface area contributed by atoms with Crippen molar-refractivity contribution in [1.29, 1.82) is 0 Å². The van der Waals surface area contributed by atoms with Crippen LogP contribution in [0.5, 0.6) is 0 Å². The maximum absolute atomic E-state index is 6.41. The minimum atomic E-state index is -0.647. The molecule has 3 aliphatic rings. The van der Waals surface area contributed by atoms with E-state index < -0.39 is 5.79 Å². The summed E-state index contributed by atoms with van der Waals surface area (Å²) in [7, 11) is 1.74. The Morgan fingerprint density at radius 3 is 2.56 bits per heavy atom. The highest BCUT2D eigenvalue weighted by Gasteiger charge is 2.66. The Hall–Kier alpha value is -1.50. The van der Waals surface area contributed by atoms with Gasteiger partial charge < -0.3 is 23.7 Å². The summed E-state index contributed by atoms with van der Waals surface area (Å²) in [5.41, 5.74) is 0.775. The second-order valence-electron chi connectivity index (χ2n) is 8.33.